The van der Waals surface area contributed by atoms with Gasteiger partial charge < -0.3 is 0 Å². The van der Waals surface area contributed by atoms with Crippen molar-refractivity contribution >= 4 is 35.6 Å². The third-order valence-corrected chi connectivity index (χ3v) is 5.01. The predicted molar refractivity (Wildman–Crippen MR) is 67.5 cm³/mol. The van der Waals surface area contributed by atoms with Gasteiger partial charge in [0.25, 0.3) is 0 Å². The average Bonchev–Trinajstić information content (AvgIpc) is 2.25. The first-order valence-electron chi connectivity index (χ1n) is 4.40. The predicted octanol–water partition coefficient (Wildman–Crippen LogP) is 1.54. The van der Waals surface area contributed by atoms with Gasteiger partial charge in [-0.15, -0.1) is 12.4 Å². The molecule has 2 rings (SSSR count). The molecule has 0 spiro atoms. The second-order valence-corrected chi connectivity index (χ2v) is 6.87. The molecule has 16 heavy (non-hydrogen) atoms. The Morgan fingerprint density at radius 1 is 0.625 bits per heavy atom. The van der Waals surface area contributed by atoms with Crippen LogP contribution in [-0.4, -0.2) is 0 Å². The first-order valence-corrected chi connectivity index (χ1v) is 7.31. The number of benzene rings is 2. The van der Waals surface area contributed by atoms with E-state index >= 15 is 0 Å². The number of hydrogen-bond acceptors (Lipinski definition) is 0. The fourth-order valence-electron chi connectivity index (χ4n) is 1.11. The molecule has 0 heterocycles. The van der Waals surface area contributed by atoms with E-state index in [1.165, 1.54) is 7.14 Å². The van der Waals surface area contributed by atoms with E-state index in [9.17, 15) is 0 Å². The van der Waals surface area contributed by atoms with Crippen molar-refractivity contribution < 1.29 is 21.2 Å². The van der Waals surface area contributed by atoms with Gasteiger partial charge in [-0.2, -0.15) is 0 Å². The second kappa shape index (κ2) is 6.70. The van der Waals surface area contributed by atoms with Crippen molar-refractivity contribution in [3.05, 3.63) is 65.7 Å². The van der Waals surface area contributed by atoms with Gasteiger partial charge in [0, 0.05) is 0 Å². The monoisotopic (exact) mass is 385 g/mol. The SMILES string of the molecule is Cl.Clc1ccc([I-]c2ccc(Cl)cc2)cc1. The van der Waals surface area contributed by atoms with Gasteiger partial charge in [0.05, 0.1) is 0 Å². The van der Waals surface area contributed by atoms with Gasteiger partial charge in [0.2, 0.25) is 0 Å². The summed E-state index contributed by atoms with van der Waals surface area (Å²) in [5.74, 6) is 0. The van der Waals surface area contributed by atoms with Crippen LogP contribution in [0.4, 0.5) is 0 Å². The standard InChI is InChI=1S/C12H8Cl2I.ClH/c13-9-1-5-11(6-2-9)15-12-7-3-10(14)4-8-12;/h1-8H;1H/q-1;. The molecule has 0 unspecified atom stereocenters. The van der Waals surface area contributed by atoms with Crippen molar-refractivity contribution in [1.29, 1.82) is 0 Å². The zero-order valence-electron chi connectivity index (χ0n) is 8.16. The van der Waals surface area contributed by atoms with E-state index in [1.807, 2.05) is 24.3 Å². The molecule has 0 bridgehead atoms. The molecule has 0 aliphatic heterocycles. The molecule has 0 N–H and O–H groups in total. The van der Waals surface area contributed by atoms with E-state index in [1.54, 1.807) is 0 Å². The van der Waals surface area contributed by atoms with Crippen molar-refractivity contribution in [3.8, 4) is 0 Å². The molecule has 2 aromatic carbocycles. The van der Waals surface area contributed by atoms with Gasteiger partial charge in [-0.1, -0.05) is 0 Å². The quantitative estimate of drug-likeness (QED) is 0.687. The summed E-state index contributed by atoms with van der Waals surface area (Å²) in [7, 11) is 0. The van der Waals surface area contributed by atoms with Gasteiger partial charge in [0.1, 0.15) is 0 Å². The first kappa shape index (κ1) is 14.1. The van der Waals surface area contributed by atoms with Crippen molar-refractivity contribution in [1.82, 2.24) is 0 Å². The Kier molecular flexibility index (Phi) is 5.90. The Bertz CT molecular complexity index is 393. The summed E-state index contributed by atoms with van der Waals surface area (Å²) < 4.78 is 2.72. The fourth-order valence-corrected chi connectivity index (χ4v) is 3.52. The fraction of sp³-hybridized carbons (Fsp3) is 0. The maximum absolute atomic E-state index is 5.83. The van der Waals surface area contributed by atoms with Crippen LogP contribution in [0.2, 0.25) is 10.0 Å². The molecule has 2 aromatic rings. The minimum atomic E-state index is -0.114. The summed E-state index contributed by atoms with van der Waals surface area (Å²) in [6.07, 6.45) is 0. The molecule has 0 amide bonds. The van der Waals surface area contributed by atoms with Crippen LogP contribution in [0.3, 0.4) is 0 Å². The summed E-state index contributed by atoms with van der Waals surface area (Å²) in [6, 6.07) is 16.1. The topological polar surface area (TPSA) is 0 Å². The van der Waals surface area contributed by atoms with Gasteiger partial charge in [-0.3, -0.25) is 0 Å². The van der Waals surface area contributed by atoms with Crippen LogP contribution in [0, 0.1) is 7.14 Å². The third kappa shape index (κ3) is 4.13. The van der Waals surface area contributed by atoms with E-state index in [-0.39, 0.29) is 33.6 Å². The van der Waals surface area contributed by atoms with Crippen LogP contribution in [0.1, 0.15) is 0 Å². The molecule has 0 atom stereocenters. The Hall–Kier alpha value is 0.0400. The Labute approximate surface area is 122 Å². The van der Waals surface area contributed by atoms with Gasteiger partial charge in [-0.25, -0.2) is 0 Å². The molecular weight excluding hydrogens is 377 g/mol. The molecule has 4 heteroatoms. The molecular formula is C12H9Cl3I-. The number of hydrogen-bond donors (Lipinski definition) is 0. The van der Waals surface area contributed by atoms with E-state index < -0.39 is 0 Å². The molecule has 0 aromatic heterocycles. The molecule has 0 aliphatic rings. The Balaban J connectivity index is 0.00000128. The average molecular weight is 386 g/mol. The van der Waals surface area contributed by atoms with Gasteiger partial charge in [-0.05, 0) is 0 Å². The summed E-state index contributed by atoms with van der Waals surface area (Å²) in [4.78, 5) is 0. The van der Waals surface area contributed by atoms with Crippen LogP contribution in [0.5, 0.6) is 0 Å². The van der Waals surface area contributed by atoms with Crippen molar-refractivity contribution in [3.63, 3.8) is 0 Å². The summed E-state index contributed by atoms with van der Waals surface area (Å²) >= 11 is 11.5. The summed E-state index contributed by atoms with van der Waals surface area (Å²) in [5, 5.41) is 1.58. The molecule has 0 saturated carbocycles. The van der Waals surface area contributed by atoms with Gasteiger partial charge in [0.15, 0.2) is 0 Å². The Morgan fingerprint density at radius 3 is 1.25 bits per heavy atom. The molecule has 0 saturated heterocycles. The van der Waals surface area contributed by atoms with Crippen molar-refractivity contribution in [2.24, 2.45) is 0 Å². The van der Waals surface area contributed by atoms with Gasteiger partial charge >= 0.3 is 110 Å². The van der Waals surface area contributed by atoms with E-state index in [4.69, 9.17) is 23.2 Å². The zero-order chi connectivity index (χ0) is 10.7. The molecule has 86 valence electrons. The van der Waals surface area contributed by atoms with Crippen molar-refractivity contribution in [2.75, 3.05) is 0 Å². The number of halogens is 4. The zero-order valence-corrected chi connectivity index (χ0v) is 12.6. The van der Waals surface area contributed by atoms with Crippen LogP contribution >= 0.6 is 35.6 Å². The third-order valence-electron chi connectivity index (χ3n) is 1.83. The normalized spacial score (nSPS) is 9.88. The second-order valence-electron chi connectivity index (χ2n) is 2.97. The van der Waals surface area contributed by atoms with E-state index in [0.717, 1.165) is 10.0 Å². The van der Waals surface area contributed by atoms with Crippen LogP contribution in [0.15, 0.2) is 48.5 Å². The summed E-state index contributed by atoms with van der Waals surface area (Å²) in [5.41, 5.74) is 0. The molecule has 0 fully saturated rings. The minimum absolute atomic E-state index is 0. The van der Waals surface area contributed by atoms with Crippen LogP contribution < -0.4 is 21.2 Å². The molecule has 0 aliphatic carbocycles. The van der Waals surface area contributed by atoms with Crippen LogP contribution in [-0.2, 0) is 0 Å². The molecule has 0 radical (unpaired) electrons. The first-order chi connectivity index (χ1) is 7.24. The van der Waals surface area contributed by atoms with Crippen LogP contribution in [0.25, 0.3) is 0 Å². The maximum atomic E-state index is 5.83. The summed E-state index contributed by atoms with van der Waals surface area (Å²) in [6.45, 7) is 0. The number of rotatable bonds is 2. The van der Waals surface area contributed by atoms with E-state index in [2.05, 4.69) is 24.3 Å². The van der Waals surface area contributed by atoms with E-state index in [0.29, 0.717) is 0 Å². The van der Waals surface area contributed by atoms with Crippen molar-refractivity contribution in [2.45, 2.75) is 0 Å². The molecule has 0 nitrogen and oxygen atoms in total. The Morgan fingerprint density at radius 2 is 0.938 bits per heavy atom.